The molecule has 1 fully saturated rings. The number of likely N-dealkylation sites (tertiary alicyclic amines) is 1. The van der Waals surface area contributed by atoms with E-state index in [0.717, 1.165) is 68.1 Å². The first kappa shape index (κ1) is 19.3. The average Bonchev–Trinajstić information content (AvgIpc) is 2.99. The highest BCUT2D eigenvalue weighted by molar-refractivity contribution is 5.80. The summed E-state index contributed by atoms with van der Waals surface area (Å²) in [5, 5.41) is 7.71. The van der Waals surface area contributed by atoms with E-state index in [1.54, 1.807) is 0 Å². The highest BCUT2D eigenvalue weighted by Gasteiger charge is 2.15. The Morgan fingerprint density at radius 2 is 2.11 bits per heavy atom. The van der Waals surface area contributed by atoms with Crippen LogP contribution in [0.15, 0.2) is 39.7 Å². The SMILES string of the molecule is CCNC(=NCc1cc2ccccc2o1)NCCCN1CCCCCC1=O. The van der Waals surface area contributed by atoms with Crippen molar-refractivity contribution in [2.75, 3.05) is 26.2 Å². The van der Waals surface area contributed by atoms with E-state index in [2.05, 4.69) is 15.6 Å². The van der Waals surface area contributed by atoms with Crippen LogP contribution in [-0.4, -0.2) is 42.9 Å². The van der Waals surface area contributed by atoms with Gasteiger partial charge >= 0.3 is 0 Å². The van der Waals surface area contributed by atoms with Gasteiger partial charge < -0.3 is 20.0 Å². The summed E-state index contributed by atoms with van der Waals surface area (Å²) in [5.74, 6) is 1.93. The van der Waals surface area contributed by atoms with Crippen molar-refractivity contribution in [1.82, 2.24) is 15.5 Å². The minimum atomic E-state index is 0.304. The lowest BCUT2D eigenvalue weighted by Crippen LogP contribution is -2.39. The smallest absolute Gasteiger partial charge is 0.222 e. The molecule has 0 unspecified atom stereocenters. The number of aliphatic imine (C=N–C) groups is 1. The summed E-state index contributed by atoms with van der Waals surface area (Å²) in [6, 6.07) is 10.0. The van der Waals surface area contributed by atoms with Gasteiger partial charge in [0.2, 0.25) is 5.91 Å². The topological polar surface area (TPSA) is 69.9 Å². The summed E-state index contributed by atoms with van der Waals surface area (Å²) < 4.78 is 5.82. The molecule has 2 aromatic rings. The van der Waals surface area contributed by atoms with Gasteiger partial charge in [0.15, 0.2) is 5.96 Å². The number of hydrogen-bond donors (Lipinski definition) is 2. The van der Waals surface area contributed by atoms with Crippen molar-refractivity contribution in [1.29, 1.82) is 0 Å². The molecule has 0 saturated carbocycles. The lowest BCUT2D eigenvalue weighted by atomic mass is 10.2. The van der Waals surface area contributed by atoms with Crippen LogP contribution in [-0.2, 0) is 11.3 Å². The quantitative estimate of drug-likeness (QED) is 0.446. The van der Waals surface area contributed by atoms with Crippen molar-refractivity contribution in [2.45, 2.75) is 45.6 Å². The number of para-hydroxylation sites is 1. The third kappa shape index (κ3) is 5.74. The highest BCUT2D eigenvalue weighted by Crippen LogP contribution is 2.19. The molecule has 146 valence electrons. The zero-order valence-corrected chi connectivity index (χ0v) is 16.2. The number of rotatable bonds is 7. The van der Waals surface area contributed by atoms with Crippen molar-refractivity contribution in [3.05, 3.63) is 36.1 Å². The summed E-state index contributed by atoms with van der Waals surface area (Å²) in [6.45, 7) is 5.85. The van der Waals surface area contributed by atoms with Crippen molar-refractivity contribution >= 4 is 22.8 Å². The lowest BCUT2D eigenvalue weighted by molar-refractivity contribution is -0.130. The second kappa shape index (κ2) is 10.00. The van der Waals surface area contributed by atoms with Crippen LogP contribution >= 0.6 is 0 Å². The van der Waals surface area contributed by atoms with Crippen LogP contribution in [0.4, 0.5) is 0 Å². The number of amides is 1. The molecule has 1 aromatic carbocycles. The van der Waals surface area contributed by atoms with E-state index in [-0.39, 0.29) is 0 Å². The number of nitrogens with one attached hydrogen (secondary N) is 2. The minimum Gasteiger partial charge on any atom is -0.459 e. The molecule has 1 aromatic heterocycles. The first-order chi connectivity index (χ1) is 13.3. The minimum absolute atomic E-state index is 0.304. The molecule has 0 atom stereocenters. The zero-order chi connectivity index (χ0) is 18.9. The van der Waals surface area contributed by atoms with Crippen LogP contribution in [0, 0.1) is 0 Å². The first-order valence-electron chi connectivity index (χ1n) is 10.0. The van der Waals surface area contributed by atoms with E-state index in [4.69, 9.17) is 4.42 Å². The van der Waals surface area contributed by atoms with Gasteiger partial charge in [-0.3, -0.25) is 4.79 Å². The van der Waals surface area contributed by atoms with Gasteiger partial charge in [-0.15, -0.1) is 0 Å². The fourth-order valence-electron chi connectivity index (χ4n) is 3.37. The number of furan rings is 1. The van der Waals surface area contributed by atoms with E-state index >= 15 is 0 Å². The maximum absolute atomic E-state index is 12.0. The Labute approximate surface area is 161 Å². The molecule has 0 aliphatic carbocycles. The Morgan fingerprint density at radius 1 is 1.22 bits per heavy atom. The van der Waals surface area contributed by atoms with Crippen molar-refractivity contribution in [3.8, 4) is 0 Å². The van der Waals surface area contributed by atoms with Gasteiger partial charge in [-0.1, -0.05) is 24.6 Å². The molecule has 1 amide bonds. The molecule has 2 N–H and O–H groups in total. The number of hydrogen-bond acceptors (Lipinski definition) is 3. The van der Waals surface area contributed by atoms with Crippen LogP contribution in [0.3, 0.4) is 0 Å². The van der Waals surface area contributed by atoms with Crippen LogP contribution < -0.4 is 10.6 Å². The molecule has 1 aliphatic rings. The Morgan fingerprint density at radius 3 is 2.96 bits per heavy atom. The predicted molar refractivity (Wildman–Crippen MR) is 109 cm³/mol. The number of fused-ring (bicyclic) bond motifs is 1. The van der Waals surface area contributed by atoms with Crippen LogP contribution in [0.5, 0.6) is 0 Å². The number of benzene rings is 1. The van der Waals surface area contributed by atoms with Crippen molar-refractivity contribution in [2.24, 2.45) is 4.99 Å². The second-order valence-corrected chi connectivity index (χ2v) is 6.92. The summed E-state index contributed by atoms with van der Waals surface area (Å²) in [4.78, 5) is 18.7. The van der Waals surface area contributed by atoms with E-state index < -0.39 is 0 Å². The van der Waals surface area contributed by atoms with Gasteiger partial charge in [0.1, 0.15) is 17.9 Å². The number of guanidine groups is 1. The maximum Gasteiger partial charge on any atom is 0.222 e. The fraction of sp³-hybridized carbons (Fsp3) is 0.524. The summed E-state index contributed by atoms with van der Waals surface area (Å²) >= 11 is 0. The van der Waals surface area contributed by atoms with E-state index in [1.807, 2.05) is 42.2 Å². The first-order valence-corrected chi connectivity index (χ1v) is 10.0. The van der Waals surface area contributed by atoms with Gasteiger partial charge in [0.05, 0.1) is 0 Å². The molecule has 0 bridgehead atoms. The fourth-order valence-corrected chi connectivity index (χ4v) is 3.37. The van der Waals surface area contributed by atoms with E-state index in [0.29, 0.717) is 18.9 Å². The zero-order valence-electron chi connectivity index (χ0n) is 16.2. The Bertz CT molecular complexity index is 735. The third-order valence-corrected chi connectivity index (χ3v) is 4.78. The van der Waals surface area contributed by atoms with Gasteiger partial charge in [0.25, 0.3) is 0 Å². The predicted octanol–water partition coefficient (Wildman–Crippen LogP) is 3.28. The van der Waals surface area contributed by atoms with Crippen LogP contribution in [0.25, 0.3) is 11.0 Å². The van der Waals surface area contributed by atoms with Crippen molar-refractivity contribution in [3.63, 3.8) is 0 Å². The molecule has 1 aliphatic heterocycles. The van der Waals surface area contributed by atoms with Gasteiger partial charge in [-0.05, 0) is 38.3 Å². The highest BCUT2D eigenvalue weighted by atomic mass is 16.3. The number of carbonyl (C=O) groups is 1. The molecular weight excluding hydrogens is 340 g/mol. The number of nitrogens with zero attached hydrogens (tertiary/aromatic N) is 2. The Hall–Kier alpha value is -2.50. The van der Waals surface area contributed by atoms with E-state index in [1.165, 1.54) is 6.42 Å². The van der Waals surface area contributed by atoms with Gasteiger partial charge in [-0.2, -0.15) is 0 Å². The average molecular weight is 370 g/mol. The summed E-state index contributed by atoms with van der Waals surface area (Å²) in [6.07, 6.45) is 4.95. The van der Waals surface area contributed by atoms with E-state index in [9.17, 15) is 4.79 Å². The molecular formula is C21H30N4O2. The molecule has 2 heterocycles. The lowest BCUT2D eigenvalue weighted by Gasteiger charge is -2.20. The molecule has 0 radical (unpaired) electrons. The summed E-state index contributed by atoms with van der Waals surface area (Å²) in [5.41, 5.74) is 0.891. The maximum atomic E-state index is 12.0. The molecule has 3 rings (SSSR count). The molecule has 6 nitrogen and oxygen atoms in total. The molecule has 0 spiro atoms. The Balaban J connectivity index is 1.47. The third-order valence-electron chi connectivity index (χ3n) is 4.78. The van der Waals surface area contributed by atoms with Gasteiger partial charge in [0, 0.05) is 38.0 Å². The molecule has 1 saturated heterocycles. The molecule has 27 heavy (non-hydrogen) atoms. The largest absolute Gasteiger partial charge is 0.459 e. The standard InChI is InChI=1S/C21H30N4O2/c1-2-22-21(23-12-8-14-25-13-7-3-4-11-20(25)26)24-16-18-15-17-9-5-6-10-19(17)27-18/h5-6,9-10,15H,2-4,7-8,11-14,16H2,1H3,(H2,22,23,24). The second-order valence-electron chi connectivity index (χ2n) is 6.92. The monoisotopic (exact) mass is 370 g/mol. The number of carbonyl (C=O) groups excluding carboxylic acids is 1. The Kier molecular flexibility index (Phi) is 7.13. The molecule has 6 heteroatoms. The summed E-state index contributed by atoms with van der Waals surface area (Å²) in [7, 11) is 0. The van der Waals surface area contributed by atoms with Gasteiger partial charge in [-0.25, -0.2) is 4.99 Å². The van der Waals surface area contributed by atoms with Crippen LogP contribution in [0.2, 0.25) is 0 Å². The normalized spacial score (nSPS) is 15.8. The van der Waals surface area contributed by atoms with Crippen molar-refractivity contribution < 1.29 is 9.21 Å². The van der Waals surface area contributed by atoms with Crippen LogP contribution in [0.1, 0.15) is 44.8 Å².